The predicted molar refractivity (Wildman–Crippen MR) is 63.1 cm³/mol. The minimum Gasteiger partial charge on any atom is -0.370 e. The van der Waals surface area contributed by atoms with Crippen molar-refractivity contribution in [2.24, 2.45) is 0 Å². The molecule has 0 radical (unpaired) electrons. The van der Waals surface area contributed by atoms with Crippen LogP contribution in [0.3, 0.4) is 0 Å². The molecule has 1 saturated heterocycles. The Morgan fingerprint density at radius 1 is 1.41 bits per heavy atom. The normalized spacial score (nSPS) is 20.4. The standard InChI is InChI=1S/C11H11ClN2O3/c1-17-9-6-13-11(16)14(10(9)15)8-5-3-2-4-7(8)12/h2-5,9H,6H2,1H3,(H,13,16). The number of carbonyl (C=O) groups is 2. The third-order valence-corrected chi connectivity index (χ3v) is 2.84. The zero-order chi connectivity index (χ0) is 12.4. The molecule has 5 nitrogen and oxygen atoms in total. The summed E-state index contributed by atoms with van der Waals surface area (Å²) in [6, 6.07) is 6.17. The van der Waals surface area contributed by atoms with Gasteiger partial charge < -0.3 is 10.1 Å². The van der Waals surface area contributed by atoms with E-state index in [9.17, 15) is 9.59 Å². The summed E-state index contributed by atoms with van der Waals surface area (Å²) < 4.78 is 4.99. The first-order valence-corrected chi connectivity index (χ1v) is 5.42. The maximum atomic E-state index is 12.0. The number of ether oxygens (including phenoxy) is 1. The number of methoxy groups -OCH3 is 1. The monoisotopic (exact) mass is 254 g/mol. The maximum Gasteiger partial charge on any atom is 0.328 e. The molecule has 1 aliphatic heterocycles. The number of nitrogens with zero attached hydrogens (tertiary/aromatic N) is 1. The fourth-order valence-corrected chi connectivity index (χ4v) is 1.86. The van der Waals surface area contributed by atoms with Crippen LogP contribution >= 0.6 is 11.6 Å². The molecule has 0 aromatic heterocycles. The molecule has 1 fully saturated rings. The molecule has 0 spiro atoms. The summed E-state index contributed by atoms with van der Waals surface area (Å²) in [6.07, 6.45) is -0.677. The summed E-state index contributed by atoms with van der Waals surface area (Å²) in [4.78, 5) is 24.7. The SMILES string of the molecule is COC1CNC(=O)N(c2ccccc2Cl)C1=O. The summed E-state index contributed by atoms with van der Waals surface area (Å²) in [7, 11) is 1.42. The van der Waals surface area contributed by atoms with Crippen molar-refractivity contribution in [1.82, 2.24) is 5.32 Å². The van der Waals surface area contributed by atoms with Crippen molar-refractivity contribution in [3.05, 3.63) is 29.3 Å². The fourth-order valence-electron chi connectivity index (χ4n) is 1.64. The highest BCUT2D eigenvalue weighted by molar-refractivity contribution is 6.35. The number of benzene rings is 1. The molecule has 1 N–H and O–H groups in total. The third-order valence-electron chi connectivity index (χ3n) is 2.52. The van der Waals surface area contributed by atoms with Crippen LogP contribution in [0.1, 0.15) is 0 Å². The van der Waals surface area contributed by atoms with Gasteiger partial charge in [-0.3, -0.25) is 4.79 Å². The second-order valence-corrected chi connectivity index (χ2v) is 3.94. The van der Waals surface area contributed by atoms with Crippen molar-refractivity contribution in [1.29, 1.82) is 0 Å². The molecule has 0 bridgehead atoms. The van der Waals surface area contributed by atoms with E-state index in [2.05, 4.69) is 5.32 Å². The Hall–Kier alpha value is -1.59. The molecule has 1 aromatic carbocycles. The number of para-hydroxylation sites is 1. The number of hydrogen-bond acceptors (Lipinski definition) is 3. The molecule has 1 heterocycles. The maximum absolute atomic E-state index is 12.0. The van der Waals surface area contributed by atoms with Crippen molar-refractivity contribution in [2.45, 2.75) is 6.10 Å². The molecule has 1 atom stereocenters. The zero-order valence-corrected chi connectivity index (χ0v) is 9.90. The quantitative estimate of drug-likeness (QED) is 0.868. The van der Waals surface area contributed by atoms with Gasteiger partial charge in [-0.15, -0.1) is 0 Å². The number of anilines is 1. The van der Waals surface area contributed by atoms with Crippen molar-refractivity contribution < 1.29 is 14.3 Å². The van der Waals surface area contributed by atoms with Crippen LogP contribution in [0.15, 0.2) is 24.3 Å². The van der Waals surface area contributed by atoms with E-state index >= 15 is 0 Å². The number of halogens is 1. The van der Waals surface area contributed by atoms with Crippen LogP contribution in [-0.2, 0) is 9.53 Å². The summed E-state index contributed by atoms with van der Waals surface area (Å²) in [5.74, 6) is -0.413. The lowest BCUT2D eigenvalue weighted by molar-refractivity contribution is -0.128. The van der Waals surface area contributed by atoms with Gasteiger partial charge in [-0.25, -0.2) is 9.69 Å². The summed E-state index contributed by atoms with van der Waals surface area (Å²) in [6.45, 7) is 0.176. The molecule has 1 aromatic rings. The van der Waals surface area contributed by atoms with E-state index in [4.69, 9.17) is 16.3 Å². The van der Waals surface area contributed by atoms with Crippen LogP contribution in [0.5, 0.6) is 0 Å². The highest BCUT2D eigenvalue weighted by Gasteiger charge is 2.36. The molecule has 90 valence electrons. The second kappa shape index (κ2) is 4.73. The molecule has 0 saturated carbocycles. The highest BCUT2D eigenvalue weighted by atomic mass is 35.5. The Balaban J connectivity index is 2.38. The molecule has 17 heavy (non-hydrogen) atoms. The summed E-state index contributed by atoms with van der Waals surface area (Å²) in [5, 5.41) is 2.91. The van der Waals surface area contributed by atoms with Crippen molar-refractivity contribution in [2.75, 3.05) is 18.6 Å². The van der Waals surface area contributed by atoms with Gasteiger partial charge in [-0.2, -0.15) is 0 Å². The zero-order valence-electron chi connectivity index (χ0n) is 9.14. The average molecular weight is 255 g/mol. The molecule has 3 amide bonds. The summed E-state index contributed by atoms with van der Waals surface area (Å²) in [5.41, 5.74) is 0.360. The van der Waals surface area contributed by atoms with Crippen LogP contribution in [-0.4, -0.2) is 31.7 Å². The molecule has 1 unspecified atom stereocenters. The average Bonchev–Trinajstić information content (AvgIpc) is 2.32. The molecule has 0 aliphatic carbocycles. The van der Waals surface area contributed by atoms with Gasteiger partial charge in [-0.1, -0.05) is 23.7 Å². The van der Waals surface area contributed by atoms with Crippen LogP contribution in [0, 0.1) is 0 Å². The Bertz CT molecular complexity index is 464. The number of hydrogen-bond donors (Lipinski definition) is 1. The van der Waals surface area contributed by atoms with E-state index in [0.29, 0.717) is 10.7 Å². The Morgan fingerprint density at radius 3 is 2.76 bits per heavy atom. The minimum atomic E-state index is -0.677. The lowest BCUT2D eigenvalue weighted by Crippen LogP contribution is -2.58. The first-order chi connectivity index (χ1) is 8.15. The third kappa shape index (κ3) is 2.11. The minimum absolute atomic E-state index is 0.176. The van der Waals surface area contributed by atoms with E-state index < -0.39 is 18.0 Å². The highest BCUT2D eigenvalue weighted by Crippen LogP contribution is 2.27. The van der Waals surface area contributed by atoms with E-state index in [1.165, 1.54) is 7.11 Å². The first kappa shape index (κ1) is 11.9. The lowest BCUT2D eigenvalue weighted by atomic mass is 10.2. The number of nitrogens with one attached hydrogen (secondary N) is 1. The van der Waals surface area contributed by atoms with Gasteiger partial charge >= 0.3 is 6.03 Å². The molecule has 2 rings (SSSR count). The second-order valence-electron chi connectivity index (χ2n) is 3.54. The van der Waals surface area contributed by atoms with Gasteiger partial charge in [-0.05, 0) is 12.1 Å². The van der Waals surface area contributed by atoms with Crippen LogP contribution in [0.4, 0.5) is 10.5 Å². The molecule has 1 aliphatic rings. The van der Waals surface area contributed by atoms with E-state index in [0.717, 1.165) is 4.90 Å². The first-order valence-electron chi connectivity index (χ1n) is 5.04. The molecular weight excluding hydrogens is 244 g/mol. The molecule has 6 heteroatoms. The van der Waals surface area contributed by atoms with E-state index in [1.54, 1.807) is 24.3 Å². The number of carbonyl (C=O) groups excluding carboxylic acids is 2. The van der Waals surface area contributed by atoms with Crippen LogP contribution in [0.25, 0.3) is 0 Å². The number of rotatable bonds is 2. The Labute approximate surface area is 103 Å². The van der Waals surface area contributed by atoms with Crippen molar-refractivity contribution >= 4 is 29.2 Å². The van der Waals surface area contributed by atoms with Gasteiger partial charge in [0.15, 0.2) is 6.10 Å². The van der Waals surface area contributed by atoms with E-state index in [-0.39, 0.29) is 6.54 Å². The van der Waals surface area contributed by atoms with Crippen LogP contribution in [0.2, 0.25) is 5.02 Å². The topological polar surface area (TPSA) is 58.6 Å². The van der Waals surface area contributed by atoms with Gasteiger partial charge in [0.25, 0.3) is 5.91 Å². The van der Waals surface area contributed by atoms with Crippen LogP contribution < -0.4 is 10.2 Å². The predicted octanol–water partition coefficient (Wildman–Crippen LogP) is 1.41. The lowest BCUT2D eigenvalue weighted by Gasteiger charge is -2.30. The van der Waals surface area contributed by atoms with Crippen molar-refractivity contribution in [3.8, 4) is 0 Å². The van der Waals surface area contributed by atoms with Gasteiger partial charge in [0.05, 0.1) is 17.3 Å². The van der Waals surface area contributed by atoms with Crippen molar-refractivity contribution in [3.63, 3.8) is 0 Å². The molecular formula is C11H11ClN2O3. The smallest absolute Gasteiger partial charge is 0.328 e. The number of imide groups is 1. The van der Waals surface area contributed by atoms with E-state index in [1.807, 2.05) is 0 Å². The Morgan fingerprint density at radius 2 is 2.12 bits per heavy atom. The van der Waals surface area contributed by atoms with Gasteiger partial charge in [0, 0.05) is 7.11 Å². The van der Waals surface area contributed by atoms with Gasteiger partial charge in [0.1, 0.15) is 0 Å². The summed E-state index contributed by atoms with van der Waals surface area (Å²) >= 11 is 5.96. The number of amides is 3. The largest absolute Gasteiger partial charge is 0.370 e. The fraction of sp³-hybridized carbons (Fsp3) is 0.273. The number of urea groups is 1. The van der Waals surface area contributed by atoms with Gasteiger partial charge in [0.2, 0.25) is 0 Å². The Kier molecular flexibility index (Phi) is 3.31.